The van der Waals surface area contributed by atoms with Crippen LogP contribution in [0, 0.1) is 17.1 Å². The van der Waals surface area contributed by atoms with Crippen molar-refractivity contribution < 1.29 is 23.5 Å². The van der Waals surface area contributed by atoms with E-state index in [2.05, 4.69) is 13.8 Å². The zero-order valence-electron chi connectivity index (χ0n) is 17.6. The predicted octanol–water partition coefficient (Wildman–Crippen LogP) is 4.22. The van der Waals surface area contributed by atoms with Gasteiger partial charge in [-0.05, 0) is 75.6 Å². The Morgan fingerprint density at radius 3 is 2.45 bits per heavy atom. The molecule has 1 saturated heterocycles. The van der Waals surface area contributed by atoms with E-state index in [0.29, 0.717) is 5.75 Å². The lowest BCUT2D eigenvalue weighted by Crippen LogP contribution is -2.49. The zero-order chi connectivity index (χ0) is 22.4. The fourth-order valence-corrected chi connectivity index (χ4v) is 3.80. The van der Waals surface area contributed by atoms with Gasteiger partial charge < -0.3 is 14.4 Å². The minimum absolute atomic E-state index is 0.0511. The van der Waals surface area contributed by atoms with Crippen molar-refractivity contribution in [3.8, 4) is 11.8 Å². The number of halogens is 1. The highest BCUT2D eigenvalue weighted by atomic mass is 19.1. The molecule has 0 bridgehead atoms. The van der Waals surface area contributed by atoms with Crippen LogP contribution < -0.4 is 4.74 Å². The molecule has 6 nitrogen and oxygen atoms in total. The van der Waals surface area contributed by atoms with Gasteiger partial charge in [-0.3, -0.25) is 4.79 Å². The first-order chi connectivity index (χ1) is 14.9. The molecule has 1 aliphatic rings. The minimum Gasteiger partial charge on any atom is -0.484 e. The van der Waals surface area contributed by atoms with E-state index in [1.807, 2.05) is 11.0 Å². The van der Waals surface area contributed by atoms with Crippen LogP contribution in [0.25, 0.3) is 0 Å². The van der Waals surface area contributed by atoms with Gasteiger partial charge in [-0.1, -0.05) is 0 Å². The summed E-state index contributed by atoms with van der Waals surface area (Å²) >= 11 is 0. The van der Waals surface area contributed by atoms with Crippen LogP contribution in [0.2, 0.25) is 0 Å². The van der Waals surface area contributed by atoms with Crippen molar-refractivity contribution in [3.63, 3.8) is 0 Å². The smallest absolute Gasteiger partial charge is 0.338 e. The van der Waals surface area contributed by atoms with Crippen LogP contribution in [0.4, 0.5) is 4.39 Å². The largest absolute Gasteiger partial charge is 0.484 e. The van der Waals surface area contributed by atoms with Gasteiger partial charge in [0.25, 0.3) is 5.91 Å². The molecule has 0 aliphatic carbocycles. The number of rotatable bonds is 6. The van der Waals surface area contributed by atoms with Crippen LogP contribution in [-0.2, 0) is 16.1 Å². The fourth-order valence-electron chi connectivity index (χ4n) is 3.80. The third-order valence-electron chi connectivity index (χ3n) is 5.47. The summed E-state index contributed by atoms with van der Waals surface area (Å²) in [4.78, 5) is 26.6. The van der Waals surface area contributed by atoms with Crippen molar-refractivity contribution in [2.75, 3.05) is 6.61 Å². The number of hydrogen-bond donors (Lipinski definition) is 0. The van der Waals surface area contributed by atoms with E-state index in [1.54, 1.807) is 12.1 Å². The average Bonchev–Trinajstić information content (AvgIpc) is 2.77. The number of benzene rings is 2. The summed E-state index contributed by atoms with van der Waals surface area (Å²) in [6.07, 6.45) is 3.12. The molecule has 2 aromatic rings. The molecular formula is C24H25FN2O4. The van der Waals surface area contributed by atoms with Crippen molar-refractivity contribution in [1.82, 2.24) is 4.90 Å². The molecule has 1 heterocycles. The number of piperidine rings is 1. The quantitative estimate of drug-likeness (QED) is 0.649. The van der Waals surface area contributed by atoms with Crippen LogP contribution >= 0.6 is 0 Å². The van der Waals surface area contributed by atoms with Crippen LogP contribution in [0.1, 0.15) is 54.6 Å². The van der Waals surface area contributed by atoms with Gasteiger partial charge >= 0.3 is 5.97 Å². The van der Waals surface area contributed by atoms with E-state index < -0.39 is 11.8 Å². The molecule has 1 fully saturated rings. The van der Waals surface area contributed by atoms with Crippen LogP contribution in [-0.4, -0.2) is 35.5 Å². The van der Waals surface area contributed by atoms with Gasteiger partial charge in [-0.15, -0.1) is 0 Å². The lowest BCUT2D eigenvalue weighted by atomic mass is 9.97. The van der Waals surface area contributed by atoms with Gasteiger partial charge in [0.15, 0.2) is 6.61 Å². The summed E-state index contributed by atoms with van der Waals surface area (Å²) in [5.74, 6) is -0.752. The van der Waals surface area contributed by atoms with Crippen molar-refractivity contribution in [2.45, 2.75) is 51.8 Å². The van der Waals surface area contributed by atoms with Gasteiger partial charge in [-0.25, -0.2) is 9.18 Å². The van der Waals surface area contributed by atoms with Crippen molar-refractivity contribution >= 4 is 11.9 Å². The van der Waals surface area contributed by atoms with Gasteiger partial charge in [0.2, 0.25) is 0 Å². The highest BCUT2D eigenvalue weighted by Gasteiger charge is 2.29. The number of likely N-dealkylation sites (tertiary alicyclic amines) is 1. The molecule has 7 heteroatoms. The Labute approximate surface area is 181 Å². The van der Waals surface area contributed by atoms with Gasteiger partial charge in [0, 0.05) is 17.6 Å². The Kier molecular flexibility index (Phi) is 7.24. The molecule has 0 N–H and O–H groups in total. The Balaban J connectivity index is 1.53. The van der Waals surface area contributed by atoms with Gasteiger partial charge in [0.1, 0.15) is 18.2 Å². The highest BCUT2D eigenvalue weighted by Crippen LogP contribution is 2.23. The van der Waals surface area contributed by atoms with E-state index in [4.69, 9.17) is 14.7 Å². The zero-order valence-corrected chi connectivity index (χ0v) is 17.6. The van der Waals surface area contributed by atoms with Crippen LogP contribution in [0.15, 0.2) is 42.5 Å². The van der Waals surface area contributed by atoms with Crippen LogP contribution in [0.3, 0.4) is 0 Å². The maximum Gasteiger partial charge on any atom is 0.338 e. The number of esters is 1. The number of hydrogen-bond acceptors (Lipinski definition) is 5. The summed E-state index contributed by atoms with van der Waals surface area (Å²) in [6, 6.07) is 12.4. The summed E-state index contributed by atoms with van der Waals surface area (Å²) in [6.45, 7) is 3.76. The number of ether oxygens (including phenoxy) is 2. The van der Waals surface area contributed by atoms with E-state index in [9.17, 15) is 14.0 Å². The third-order valence-corrected chi connectivity index (χ3v) is 5.47. The molecule has 2 atom stereocenters. The fraction of sp³-hybridized carbons (Fsp3) is 0.375. The maximum absolute atomic E-state index is 13.8. The third kappa shape index (κ3) is 5.60. The second kappa shape index (κ2) is 10.1. The molecule has 1 amide bonds. The van der Waals surface area contributed by atoms with E-state index in [0.717, 1.165) is 19.3 Å². The minimum atomic E-state index is -0.625. The van der Waals surface area contributed by atoms with Crippen molar-refractivity contribution in [3.05, 3.63) is 65.0 Å². The van der Waals surface area contributed by atoms with Crippen molar-refractivity contribution in [2.24, 2.45) is 0 Å². The lowest BCUT2D eigenvalue weighted by Gasteiger charge is -2.38. The predicted molar refractivity (Wildman–Crippen MR) is 112 cm³/mol. The number of nitrogens with zero attached hydrogens (tertiary/aromatic N) is 2. The van der Waals surface area contributed by atoms with E-state index >= 15 is 0 Å². The molecule has 1 aliphatic heterocycles. The Hall–Kier alpha value is -3.40. The second-order valence-electron chi connectivity index (χ2n) is 7.74. The summed E-state index contributed by atoms with van der Waals surface area (Å²) in [5, 5.41) is 8.90. The molecule has 0 aromatic heterocycles. The first-order valence-corrected chi connectivity index (χ1v) is 10.3. The standard InChI is InChI=1S/C24H25FN2O4/c1-16-4-3-5-17(2)27(16)23(28)15-30-21-9-7-19(8-10-21)24(29)31-14-20-12-18(13-26)6-11-22(20)25/h6-12,16-17H,3-5,14-15H2,1-2H3. The van der Waals surface area contributed by atoms with Gasteiger partial charge in [0.05, 0.1) is 17.2 Å². The topological polar surface area (TPSA) is 79.6 Å². The molecule has 31 heavy (non-hydrogen) atoms. The van der Waals surface area contributed by atoms with E-state index in [-0.39, 0.29) is 47.9 Å². The Morgan fingerprint density at radius 2 is 1.81 bits per heavy atom. The Bertz CT molecular complexity index is 974. The lowest BCUT2D eigenvalue weighted by molar-refractivity contribution is -0.139. The summed E-state index contributed by atoms with van der Waals surface area (Å²) in [7, 11) is 0. The monoisotopic (exact) mass is 424 g/mol. The number of carbonyl (C=O) groups is 2. The molecule has 2 aromatic carbocycles. The number of amides is 1. The van der Waals surface area contributed by atoms with Gasteiger partial charge in [-0.2, -0.15) is 5.26 Å². The van der Waals surface area contributed by atoms with E-state index in [1.165, 1.54) is 30.3 Å². The molecule has 0 radical (unpaired) electrons. The van der Waals surface area contributed by atoms with Crippen LogP contribution in [0.5, 0.6) is 5.75 Å². The highest BCUT2D eigenvalue weighted by molar-refractivity contribution is 5.89. The number of nitriles is 1. The Morgan fingerprint density at radius 1 is 1.13 bits per heavy atom. The molecule has 0 spiro atoms. The number of carbonyl (C=O) groups excluding carboxylic acids is 2. The second-order valence-corrected chi connectivity index (χ2v) is 7.74. The molecule has 0 saturated carbocycles. The normalized spacial score (nSPS) is 18.2. The van der Waals surface area contributed by atoms with Crippen molar-refractivity contribution in [1.29, 1.82) is 5.26 Å². The first-order valence-electron chi connectivity index (χ1n) is 10.3. The first kappa shape index (κ1) is 22.3. The SMILES string of the molecule is CC1CCCC(C)N1C(=O)COc1ccc(C(=O)OCc2cc(C#N)ccc2F)cc1. The maximum atomic E-state index is 13.8. The summed E-state index contributed by atoms with van der Waals surface area (Å²) in [5.41, 5.74) is 0.692. The molecule has 3 rings (SSSR count). The molecule has 2 unspecified atom stereocenters. The summed E-state index contributed by atoms with van der Waals surface area (Å²) < 4.78 is 24.5. The molecule has 162 valence electrons. The average molecular weight is 424 g/mol. The molecular weight excluding hydrogens is 399 g/mol.